The largest absolute Gasteiger partial charge is 0.460 e. The molecule has 4 nitrogen and oxygen atoms in total. The topological polar surface area (TPSA) is 52.3 Å². The molecular formula is C16H16FNO3. The Morgan fingerprint density at radius 3 is 2.90 bits per heavy atom. The predicted octanol–water partition coefficient (Wildman–Crippen LogP) is 3.84. The van der Waals surface area contributed by atoms with Crippen LogP contribution in [-0.4, -0.2) is 17.6 Å². The average Bonchev–Trinajstić information content (AvgIpc) is 3.21. The Hall–Kier alpha value is -2.17. The van der Waals surface area contributed by atoms with Crippen molar-refractivity contribution in [2.45, 2.75) is 32.6 Å². The first-order valence-electron chi connectivity index (χ1n) is 7.04. The van der Waals surface area contributed by atoms with Gasteiger partial charge >= 0.3 is 5.97 Å². The van der Waals surface area contributed by atoms with E-state index >= 15 is 0 Å². The van der Waals surface area contributed by atoms with Gasteiger partial charge in [0.05, 0.1) is 12.3 Å². The van der Waals surface area contributed by atoms with Crippen LogP contribution in [0.25, 0.3) is 11.5 Å². The highest BCUT2D eigenvalue weighted by Gasteiger charge is 2.34. The number of benzene rings is 1. The van der Waals surface area contributed by atoms with E-state index in [4.69, 9.17) is 9.15 Å². The molecule has 1 saturated carbocycles. The molecule has 0 amide bonds. The maximum atomic E-state index is 13.4. The summed E-state index contributed by atoms with van der Waals surface area (Å²) in [5, 5.41) is 0. The van der Waals surface area contributed by atoms with Crippen molar-refractivity contribution in [3.63, 3.8) is 0 Å². The average molecular weight is 289 g/mol. The second kappa shape index (κ2) is 5.31. The van der Waals surface area contributed by atoms with Crippen molar-refractivity contribution < 1.29 is 18.3 Å². The van der Waals surface area contributed by atoms with Crippen molar-refractivity contribution in [3.8, 4) is 11.5 Å². The van der Waals surface area contributed by atoms with Gasteiger partial charge in [-0.25, -0.2) is 14.2 Å². The zero-order valence-corrected chi connectivity index (χ0v) is 12.0. The van der Waals surface area contributed by atoms with E-state index in [1.807, 2.05) is 6.92 Å². The molecule has 1 aromatic heterocycles. The summed E-state index contributed by atoms with van der Waals surface area (Å²) in [6, 6.07) is 4.41. The molecule has 0 spiro atoms. The van der Waals surface area contributed by atoms with Gasteiger partial charge in [-0.05, 0) is 44.4 Å². The van der Waals surface area contributed by atoms with E-state index < -0.39 is 5.97 Å². The van der Waals surface area contributed by atoms with Crippen molar-refractivity contribution in [1.82, 2.24) is 4.98 Å². The zero-order valence-electron chi connectivity index (χ0n) is 12.0. The molecule has 21 heavy (non-hydrogen) atoms. The number of hydrogen-bond donors (Lipinski definition) is 0. The van der Waals surface area contributed by atoms with Gasteiger partial charge in [-0.3, -0.25) is 0 Å². The van der Waals surface area contributed by atoms with E-state index in [9.17, 15) is 9.18 Å². The van der Waals surface area contributed by atoms with Crippen molar-refractivity contribution in [1.29, 1.82) is 0 Å². The second-order valence-electron chi connectivity index (χ2n) is 5.19. The fourth-order valence-corrected chi connectivity index (χ4v) is 2.25. The summed E-state index contributed by atoms with van der Waals surface area (Å²) in [6.45, 7) is 3.86. The fourth-order valence-electron chi connectivity index (χ4n) is 2.25. The number of rotatable bonds is 4. The van der Waals surface area contributed by atoms with Crippen LogP contribution in [-0.2, 0) is 4.74 Å². The Labute approximate surface area is 121 Å². The number of hydrogen-bond acceptors (Lipinski definition) is 4. The number of halogens is 1. The molecule has 1 fully saturated rings. The number of nitrogens with zero attached hydrogens (tertiary/aromatic N) is 1. The van der Waals surface area contributed by atoms with Crippen LogP contribution in [0.15, 0.2) is 22.6 Å². The minimum absolute atomic E-state index is 0.151. The minimum Gasteiger partial charge on any atom is -0.460 e. The highest BCUT2D eigenvalue weighted by Crippen LogP contribution is 2.42. The Bertz CT molecular complexity index is 689. The lowest BCUT2D eigenvalue weighted by atomic mass is 10.1. The maximum Gasteiger partial charge on any atom is 0.376 e. The molecule has 0 radical (unpaired) electrons. The Balaban J connectivity index is 2.05. The second-order valence-corrected chi connectivity index (χ2v) is 5.19. The Kier molecular flexibility index (Phi) is 3.49. The third-order valence-corrected chi connectivity index (χ3v) is 3.51. The molecule has 2 aromatic rings. The minimum atomic E-state index is -0.507. The molecule has 1 aliphatic rings. The molecule has 110 valence electrons. The van der Waals surface area contributed by atoms with Crippen molar-refractivity contribution in [2.24, 2.45) is 0 Å². The third-order valence-electron chi connectivity index (χ3n) is 3.51. The first-order valence-corrected chi connectivity index (χ1v) is 7.04. The number of esters is 1. The first kappa shape index (κ1) is 13.8. The number of aryl methyl sites for hydroxylation is 1. The lowest BCUT2D eigenvalue weighted by Gasteiger charge is -2.01. The van der Waals surface area contributed by atoms with E-state index in [0.717, 1.165) is 18.4 Å². The van der Waals surface area contributed by atoms with Gasteiger partial charge in [0.1, 0.15) is 5.82 Å². The van der Waals surface area contributed by atoms with Crippen LogP contribution >= 0.6 is 0 Å². The quantitative estimate of drug-likeness (QED) is 0.802. The summed E-state index contributed by atoms with van der Waals surface area (Å²) in [4.78, 5) is 16.4. The first-order chi connectivity index (χ1) is 10.1. The van der Waals surface area contributed by atoms with Crippen LogP contribution in [0.2, 0.25) is 0 Å². The molecule has 1 aromatic carbocycles. The van der Waals surface area contributed by atoms with Crippen LogP contribution < -0.4 is 0 Å². The van der Waals surface area contributed by atoms with Gasteiger partial charge in [0.2, 0.25) is 11.7 Å². The zero-order chi connectivity index (χ0) is 15.0. The monoisotopic (exact) mass is 289 g/mol. The third kappa shape index (κ3) is 2.68. The van der Waals surface area contributed by atoms with Crippen LogP contribution in [0.5, 0.6) is 0 Å². The van der Waals surface area contributed by atoms with Crippen LogP contribution in [0.4, 0.5) is 4.39 Å². The smallest absolute Gasteiger partial charge is 0.376 e. The molecule has 0 saturated heterocycles. The van der Waals surface area contributed by atoms with Crippen molar-refractivity contribution >= 4 is 5.97 Å². The molecule has 3 rings (SSSR count). The molecule has 1 heterocycles. The van der Waals surface area contributed by atoms with E-state index in [0.29, 0.717) is 11.3 Å². The van der Waals surface area contributed by atoms with Gasteiger partial charge in [-0.2, -0.15) is 0 Å². The Morgan fingerprint density at radius 1 is 1.48 bits per heavy atom. The van der Waals surface area contributed by atoms with Crippen LogP contribution in [0.3, 0.4) is 0 Å². The van der Waals surface area contributed by atoms with E-state index in [1.165, 1.54) is 12.1 Å². The highest BCUT2D eigenvalue weighted by atomic mass is 19.1. The molecule has 0 bridgehead atoms. The molecule has 0 N–H and O–H groups in total. The summed E-state index contributed by atoms with van der Waals surface area (Å²) in [6.07, 6.45) is 1.97. The van der Waals surface area contributed by atoms with Gasteiger partial charge in [0.25, 0.3) is 0 Å². The summed E-state index contributed by atoms with van der Waals surface area (Å²) >= 11 is 0. The summed E-state index contributed by atoms with van der Waals surface area (Å²) in [5.41, 5.74) is 2.04. The molecule has 0 unspecified atom stereocenters. The summed E-state index contributed by atoms with van der Waals surface area (Å²) in [7, 11) is 0. The molecule has 5 heteroatoms. The number of oxazole rings is 1. The summed E-state index contributed by atoms with van der Waals surface area (Å²) in [5.74, 6) is -0.197. The van der Waals surface area contributed by atoms with Gasteiger partial charge in [-0.1, -0.05) is 6.07 Å². The molecule has 1 aliphatic carbocycles. The molecule has 0 aliphatic heterocycles. The number of aromatic nitrogens is 1. The lowest BCUT2D eigenvalue weighted by molar-refractivity contribution is 0.0489. The Morgan fingerprint density at radius 2 is 2.24 bits per heavy atom. The van der Waals surface area contributed by atoms with Crippen molar-refractivity contribution in [3.05, 3.63) is 41.0 Å². The van der Waals surface area contributed by atoms with Gasteiger partial charge in [0, 0.05) is 11.5 Å². The maximum absolute atomic E-state index is 13.4. The summed E-state index contributed by atoms with van der Waals surface area (Å²) < 4.78 is 24.0. The lowest BCUT2D eigenvalue weighted by Crippen LogP contribution is -2.05. The standard InChI is InChI=1S/C16H16FNO3/c1-3-20-16(19)14-13(10-5-6-10)18-15(21-14)12-8-11(17)7-4-9(12)2/h4,7-8,10H,3,5-6H2,1-2H3. The highest BCUT2D eigenvalue weighted by molar-refractivity contribution is 5.88. The number of ether oxygens (including phenoxy) is 1. The van der Waals surface area contributed by atoms with Gasteiger partial charge in [-0.15, -0.1) is 0 Å². The van der Waals surface area contributed by atoms with Gasteiger partial charge in [0.15, 0.2) is 0 Å². The van der Waals surface area contributed by atoms with E-state index in [1.54, 1.807) is 13.0 Å². The fraction of sp³-hybridized carbons (Fsp3) is 0.375. The van der Waals surface area contributed by atoms with E-state index in [-0.39, 0.29) is 30.0 Å². The number of carbonyl (C=O) groups is 1. The van der Waals surface area contributed by atoms with Gasteiger partial charge < -0.3 is 9.15 Å². The van der Waals surface area contributed by atoms with E-state index in [2.05, 4.69) is 4.98 Å². The van der Waals surface area contributed by atoms with Crippen LogP contribution in [0.1, 0.15) is 47.5 Å². The van der Waals surface area contributed by atoms with Crippen molar-refractivity contribution in [2.75, 3.05) is 6.61 Å². The normalized spacial score (nSPS) is 14.2. The number of carbonyl (C=O) groups excluding carboxylic acids is 1. The predicted molar refractivity (Wildman–Crippen MR) is 74.6 cm³/mol. The molecule has 0 atom stereocenters. The van der Waals surface area contributed by atoms with Crippen LogP contribution in [0, 0.1) is 12.7 Å². The molecular weight excluding hydrogens is 273 g/mol. The SMILES string of the molecule is CCOC(=O)c1oc(-c2cc(F)ccc2C)nc1C1CC1.